The number of β-amino-alcohol motifs (C(OH)–C–C–N with tert-alkyl or cyclic N) is 1. The Balaban J connectivity index is 1.35. The van der Waals surface area contributed by atoms with Gasteiger partial charge in [0.25, 0.3) is 0 Å². The lowest BCUT2D eigenvalue weighted by atomic mass is 10.00. The van der Waals surface area contributed by atoms with Gasteiger partial charge in [-0.2, -0.15) is 15.4 Å². The molecule has 0 bridgehead atoms. The SMILES string of the molecule is O=C(NCC1CC1)O[C@@H]1C(O)CN[C@@H]1Cc1ccc(-c2cn[nH]n2)cc1. The molecule has 1 aliphatic carbocycles. The fraction of sp³-hybridized carbons (Fsp3) is 0.500. The molecule has 0 radical (unpaired) electrons. The number of aromatic amines is 1. The largest absolute Gasteiger partial charge is 0.442 e. The Morgan fingerprint density at radius 2 is 2.12 bits per heavy atom. The van der Waals surface area contributed by atoms with Crippen molar-refractivity contribution in [1.82, 2.24) is 26.0 Å². The highest BCUT2D eigenvalue weighted by atomic mass is 16.6. The van der Waals surface area contributed by atoms with E-state index in [0.29, 0.717) is 25.4 Å². The molecule has 1 saturated carbocycles. The van der Waals surface area contributed by atoms with Gasteiger partial charge < -0.3 is 20.5 Å². The van der Waals surface area contributed by atoms with Crippen molar-refractivity contribution < 1.29 is 14.6 Å². The van der Waals surface area contributed by atoms with Gasteiger partial charge in [0.05, 0.1) is 12.2 Å². The maximum atomic E-state index is 12.0. The van der Waals surface area contributed by atoms with E-state index in [0.717, 1.165) is 16.8 Å². The van der Waals surface area contributed by atoms with Crippen molar-refractivity contribution in [3.05, 3.63) is 36.0 Å². The number of amides is 1. The third-order valence-electron chi connectivity index (χ3n) is 4.96. The molecule has 1 unspecified atom stereocenters. The minimum absolute atomic E-state index is 0.116. The summed E-state index contributed by atoms with van der Waals surface area (Å²) >= 11 is 0. The summed E-state index contributed by atoms with van der Waals surface area (Å²) in [4.78, 5) is 12.0. The van der Waals surface area contributed by atoms with Gasteiger partial charge >= 0.3 is 6.09 Å². The maximum Gasteiger partial charge on any atom is 0.407 e. The molecule has 2 aliphatic rings. The normalized spacial score (nSPS) is 25.2. The molecule has 1 amide bonds. The summed E-state index contributed by atoms with van der Waals surface area (Å²) in [6, 6.07) is 7.88. The number of aliphatic hydroxyl groups is 1. The fourth-order valence-corrected chi connectivity index (χ4v) is 3.24. The van der Waals surface area contributed by atoms with Crippen molar-refractivity contribution in [2.45, 2.75) is 37.5 Å². The number of benzene rings is 1. The summed E-state index contributed by atoms with van der Waals surface area (Å²) in [5, 5.41) is 26.7. The monoisotopic (exact) mass is 357 g/mol. The highest BCUT2D eigenvalue weighted by molar-refractivity contribution is 5.67. The van der Waals surface area contributed by atoms with Crippen LogP contribution in [0.15, 0.2) is 30.5 Å². The lowest BCUT2D eigenvalue weighted by Gasteiger charge is -2.22. The number of hydrogen-bond acceptors (Lipinski definition) is 6. The van der Waals surface area contributed by atoms with Crippen LogP contribution in [0.25, 0.3) is 11.3 Å². The van der Waals surface area contributed by atoms with Crippen LogP contribution in [0, 0.1) is 5.92 Å². The van der Waals surface area contributed by atoms with Crippen molar-refractivity contribution in [3.63, 3.8) is 0 Å². The van der Waals surface area contributed by atoms with E-state index in [9.17, 15) is 9.90 Å². The molecule has 8 heteroatoms. The average Bonchev–Trinajstić information content (AvgIpc) is 3.21. The van der Waals surface area contributed by atoms with Gasteiger partial charge in [-0.3, -0.25) is 0 Å². The van der Waals surface area contributed by atoms with Crippen LogP contribution in [0.4, 0.5) is 4.79 Å². The second-order valence-electron chi connectivity index (χ2n) is 7.03. The quantitative estimate of drug-likeness (QED) is 0.610. The zero-order valence-electron chi connectivity index (χ0n) is 14.4. The van der Waals surface area contributed by atoms with Crippen molar-refractivity contribution in [2.75, 3.05) is 13.1 Å². The Bertz CT molecular complexity index is 730. The van der Waals surface area contributed by atoms with E-state index in [-0.39, 0.29) is 6.04 Å². The van der Waals surface area contributed by atoms with Gasteiger partial charge in [-0.1, -0.05) is 24.3 Å². The number of carbonyl (C=O) groups is 1. The number of H-pyrrole nitrogens is 1. The van der Waals surface area contributed by atoms with Crippen molar-refractivity contribution in [2.24, 2.45) is 5.92 Å². The van der Waals surface area contributed by atoms with Crippen LogP contribution >= 0.6 is 0 Å². The molecule has 2 fully saturated rings. The minimum Gasteiger partial charge on any atom is -0.442 e. The van der Waals surface area contributed by atoms with E-state index in [1.807, 2.05) is 24.3 Å². The number of alkyl carbamates (subject to hydrolysis) is 1. The topological polar surface area (TPSA) is 112 Å². The van der Waals surface area contributed by atoms with Crippen LogP contribution in [-0.2, 0) is 11.2 Å². The van der Waals surface area contributed by atoms with Crippen LogP contribution in [0.3, 0.4) is 0 Å². The molecule has 4 N–H and O–H groups in total. The summed E-state index contributed by atoms with van der Waals surface area (Å²) < 4.78 is 5.48. The van der Waals surface area contributed by atoms with Crippen molar-refractivity contribution in [3.8, 4) is 11.3 Å². The number of hydrogen-bond donors (Lipinski definition) is 4. The molecule has 1 saturated heterocycles. The van der Waals surface area contributed by atoms with E-state index in [1.165, 1.54) is 12.8 Å². The first-order valence-electron chi connectivity index (χ1n) is 9.00. The van der Waals surface area contributed by atoms with Gasteiger partial charge in [-0.25, -0.2) is 4.79 Å². The molecule has 1 aliphatic heterocycles. The van der Waals surface area contributed by atoms with Gasteiger partial charge in [0, 0.05) is 18.7 Å². The highest BCUT2D eigenvalue weighted by Crippen LogP contribution is 2.27. The molecule has 4 rings (SSSR count). The zero-order valence-corrected chi connectivity index (χ0v) is 14.4. The molecule has 0 spiro atoms. The fourth-order valence-electron chi connectivity index (χ4n) is 3.24. The number of nitrogens with one attached hydrogen (secondary N) is 3. The molecule has 1 aromatic heterocycles. The first-order chi connectivity index (χ1) is 12.7. The van der Waals surface area contributed by atoms with Gasteiger partial charge in [-0.15, -0.1) is 0 Å². The molecule has 3 atom stereocenters. The summed E-state index contributed by atoms with van der Waals surface area (Å²) in [7, 11) is 0. The summed E-state index contributed by atoms with van der Waals surface area (Å²) in [6.45, 7) is 1.07. The van der Waals surface area contributed by atoms with E-state index in [4.69, 9.17) is 4.74 Å². The Kier molecular flexibility index (Phi) is 4.85. The Morgan fingerprint density at radius 1 is 1.31 bits per heavy atom. The van der Waals surface area contributed by atoms with Gasteiger partial charge in [0.2, 0.25) is 0 Å². The van der Waals surface area contributed by atoms with E-state index < -0.39 is 18.3 Å². The highest BCUT2D eigenvalue weighted by Gasteiger charge is 2.38. The number of nitrogens with zero attached hydrogens (tertiary/aromatic N) is 2. The van der Waals surface area contributed by atoms with Crippen LogP contribution in [0.5, 0.6) is 0 Å². The molecule has 2 aromatic rings. The summed E-state index contributed by atoms with van der Waals surface area (Å²) in [6.07, 6.45) is 2.98. The predicted octanol–water partition coefficient (Wildman–Crippen LogP) is 0.852. The van der Waals surface area contributed by atoms with E-state index >= 15 is 0 Å². The Hall–Kier alpha value is -2.45. The predicted molar refractivity (Wildman–Crippen MR) is 94.3 cm³/mol. The first-order valence-corrected chi connectivity index (χ1v) is 9.00. The second-order valence-corrected chi connectivity index (χ2v) is 7.03. The standard InChI is InChI=1S/C18H23N5O3/c24-16-10-19-14(17(16)26-18(25)20-8-12-1-2-12)7-11-3-5-13(6-4-11)15-9-21-23-22-15/h3-6,9,12,14,16-17,19,24H,1-2,7-8,10H2,(H,20,25)(H,21,22,23)/t14-,16?,17+/m1/s1. The van der Waals surface area contributed by atoms with Crippen molar-refractivity contribution in [1.29, 1.82) is 0 Å². The number of rotatable bonds is 6. The van der Waals surface area contributed by atoms with Crippen LogP contribution < -0.4 is 10.6 Å². The van der Waals surface area contributed by atoms with Crippen LogP contribution in [-0.4, -0.2) is 57.9 Å². The molecule has 2 heterocycles. The summed E-state index contributed by atoms with van der Waals surface area (Å²) in [5.41, 5.74) is 2.87. The van der Waals surface area contributed by atoms with E-state index in [1.54, 1.807) is 6.20 Å². The molecular formula is C18H23N5O3. The van der Waals surface area contributed by atoms with E-state index in [2.05, 4.69) is 26.0 Å². The van der Waals surface area contributed by atoms with Crippen molar-refractivity contribution >= 4 is 6.09 Å². The molecular weight excluding hydrogens is 334 g/mol. The van der Waals surface area contributed by atoms with Gasteiger partial charge in [0.15, 0.2) is 0 Å². The third-order valence-corrected chi connectivity index (χ3v) is 4.96. The minimum atomic E-state index is -0.693. The number of carbonyl (C=O) groups excluding carboxylic acids is 1. The Labute approximate surface area is 151 Å². The maximum absolute atomic E-state index is 12.0. The second kappa shape index (κ2) is 7.43. The van der Waals surface area contributed by atoms with Gasteiger partial charge in [-0.05, 0) is 30.7 Å². The number of aliphatic hydroxyl groups excluding tert-OH is 1. The smallest absolute Gasteiger partial charge is 0.407 e. The molecule has 26 heavy (non-hydrogen) atoms. The lowest BCUT2D eigenvalue weighted by Crippen LogP contribution is -2.41. The molecule has 1 aromatic carbocycles. The molecule has 138 valence electrons. The average molecular weight is 357 g/mol. The van der Waals surface area contributed by atoms with Crippen LogP contribution in [0.2, 0.25) is 0 Å². The first kappa shape index (κ1) is 17.0. The van der Waals surface area contributed by atoms with Crippen LogP contribution in [0.1, 0.15) is 18.4 Å². The third kappa shape index (κ3) is 4.03. The number of aromatic nitrogens is 3. The summed E-state index contributed by atoms with van der Waals surface area (Å²) in [5.74, 6) is 0.591. The zero-order chi connectivity index (χ0) is 17.9. The Morgan fingerprint density at radius 3 is 2.81 bits per heavy atom. The lowest BCUT2D eigenvalue weighted by molar-refractivity contribution is 0.0189. The number of ether oxygens (including phenoxy) is 1. The van der Waals surface area contributed by atoms with Gasteiger partial charge in [0.1, 0.15) is 17.9 Å². The molecule has 8 nitrogen and oxygen atoms in total.